The molecule has 154 valence electrons. The lowest BCUT2D eigenvalue weighted by Crippen LogP contribution is -2.32. The number of hydrogen-bond acceptors (Lipinski definition) is 5. The van der Waals surface area contributed by atoms with E-state index >= 15 is 0 Å². The highest BCUT2D eigenvalue weighted by atomic mass is 16.5. The fraction of sp³-hybridized carbons (Fsp3) is 0.231. The molecule has 1 aliphatic rings. The Balaban J connectivity index is 1.34. The lowest BCUT2D eigenvalue weighted by molar-refractivity contribution is 0.0857. The molecule has 0 fully saturated rings. The summed E-state index contributed by atoms with van der Waals surface area (Å²) in [6.45, 7) is 2.45. The monoisotopic (exact) mass is 409 g/mol. The second-order valence-electron chi connectivity index (χ2n) is 8.17. The van der Waals surface area contributed by atoms with E-state index in [0.29, 0.717) is 24.3 Å². The molecule has 4 aromatic rings. The number of pyridine rings is 3. The molecular formula is C26H23N3O2. The maximum atomic E-state index is 13.3. The lowest BCUT2D eigenvalue weighted by Gasteiger charge is -2.29. The van der Waals surface area contributed by atoms with Crippen molar-refractivity contribution < 1.29 is 9.53 Å². The first-order chi connectivity index (χ1) is 15.2. The van der Waals surface area contributed by atoms with E-state index in [1.807, 2.05) is 60.8 Å². The number of rotatable bonds is 5. The van der Waals surface area contributed by atoms with Crippen molar-refractivity contribution >= 4 is 16.7 Å². The van der Waals surface area contributed by atoms with Gasteiger partial charge in [0.05, 0.1) is 23.1 Å². The van der Waals surface area contributed by atoms with Gasteiger partial charge in [0.25, 0.3) is 0 Å². The second-order valence-corrected chi connectivity index (χ2v) is 8.17. The van der Waals surface area contributed by atoms with Gasteiger partial charge in [0.2, 0.25) is 0 Å². The van der Waals surface area contributed by atoms with Crippen molar-refractivity contribution in [3.05, 3.63) is 95.7 Å². The molecule has 0 saturated heterocycles. The maximum Gasteiger partial charge on any atom is 0.168 e. The van der Waals surface area contributed by atoms with Crippen LogP contribution in [0, 0.1) is 11.8 Å². The van der Waals surface area contributed by atoms with E-state index in [-0.39, 0.29) is 17.6 Å². The minimum Gasteiger partial charge on any atom is -0.486 e. The quantitative estimate of drug-likeness (QED) is 0.472. The first-order valence-corrected chi connectivity index (χ1v) is 10.6. The molecule has 2 atom stereocenters. The summed E-state index contributed by atoms with van der Waals surface area (Å²) >= 11 is 0. The van der Waals surface area contributed by atoms with Crippen LogP contribution in [-0.4, -0.2) is 20.7 Å². The Hall–Kier alpha value is -3.60. The molecule has 5 heteroatoms. The first kappa shape index (κ1) is 19.4. The van der Waals surface area contributed by atoms with Gasteiger partial charge in [0.15, 0.2) is 5.78 Å². The number of aromatic nitrogens is 3. The number of para-hydroxylation sites is 1. The third-order valence-electron chi connectivity index (χ3n) is 5.97. The zero-order chi connectivity index (χ0) is 21.2. The number of ether oxygens (including phenoxy) is 1. The highest BCUT2D eigenvalue weighted by Gasteiger charge is 2.34. The molecular weight excluding hydrogens is 386 g/mol. The van der Waals surface area contributed by atoms with Crippen molar-refractivity contribution in [2.45, 2.75) is 26.4 Å². The Morgan fingerprint density at radius 1 is 1.06 bits per heavy atom. The smallest absolute Gasteiger partial charge is 0.168 e. The summed E-state index contributed by atoms with van der Waals surface area (Å²) in [5, 5.41) is 1.10. The molecule has 31 heavy (non-hydrogen) atoms. The summed E-state index contributed by atoms with van der Waals surface area (Å²) in [6.07, 6.45) is 6.78. The number of ketones is 1. The van der Waals surface area contributed by atoms with E-state index in [1.54, 1.807) is 12.4 Å². The first-order valence-electron chi connectivity index (χ1n) is 10.6. The normalized spacial score (nSPS) is 18.0. The number of hydrogen-bond donors (Lipinski definition) is 0. The van der Waals surface area contributed by atoms with Crippen LogP contribution in [0.15, 0.2) is 73.2 Å². The number of Topliss-reactive ketones (excluding diaryl/α,β-unsaturated/α-hetero) is 1. The van der Waals surface area contributed by atoms with Crippen molar-refractivity contribution in [3.8, 4) is 5.75 Å². The van der Waals surface area contributed by atoms with E-state index in [2.05, 4.69) is 21.9 Å². The lowest BCUT2D eigenvalue weighted by atomic mass is 9.75. The third-order valence-corrected chi connectivity index (χ3v) is 5.97. The van der Waals surface area contributed by atoms with E-state index in [1.165, 1.54) is 0 Å². The molecule has 0 radical (unpaired) electrons. The minimum atomic E-state index is -0.0732. The zero-order valence-electron chi connectivity index (χ0n) is 17.4. The molecule has 1 aromatic carbocycles. The molecule has 0 saturated carbocycles. The SMILES string of the molecule is CC1Cc2ncc(OCc3ccc4ccccc4n3)cc2C(=O)C1Cc1cccnc1. The average molecular weight is 409 g/mol. The Labute approximate surface area is 181 Å². The van der Waals surface area contributed by atoms with Gasteiger partial charge in [-0.3, -0.25) is 14.8 Å². The molecule has 0 N–H and O–H groups in total. The van der Waals surface area contributed by atoms with Gasteiger partial charge < -0.3 is 4.74 Å². The summed E-state index contributed by atoms with van der Waals surface area (Å²) < 4.78 is 5.95. The fourth-order valence-electron chi connectivity index (χ4n) is 4.25. The fourth-order valence-corrected chi connectivity index (χ4v) is 4.25. The number of fused-ring (bicyclic) bond motifs is 2. The van der Waals surface area contributed by atoms with E-state index in [4.69, 9.17) is 4.74 Å². The highest BCUT2D eigenvalue weighted by molar-refractivity contribution is 6.00. The number of benzene rings is 1. The van der Waals surface area contributed by atoms with Gasteiger partial charge in [-0.2, -0.15) is 0 Å². The summed E-state index contributed by atoms with van der Waals surface area (Å²) in [7, 11) is 0. The van der Waals surface area contributed by atoms with Gasteiger partial charge in [0, 0.05) is 29.3 Å². The maximum absolute atomic E-state index is 13.3. The van der Waals surface area contributed by atoms with E-state index < -0.39 is 0 Å². The Kier molecular flexibility index (Phi) is 5.16. The topological polar surface area (TPSA) is 65.0 Å². The van der Waals surface area contributed by atoms with Crippen molar-refractivity contribution in [1.82, 2.24) is 15.0 Å². The Bertz CT molecular complexity index is 1240. The highest BCUT2D eigenvalue weighted by Crippen LogP contribution is 2.33. The molecule has 3 heterocycles. The molecule has 3 aromatic heterocycles. The summed E-state index contributed by atoms with van der Waals surface area (Å²) in [4.78, 5) is 26.6. The standard InChI is InChI=1S/C26H23N3O2/c1-17-11-25-23(26(30)22(17)12-18-5-4-10-27-14-18)13-21(15-28-25)31-16-20-9-8-19-6-2-3-7-24(19)29-20/h2-10,13-15,17,22H,11-12,16H2,1H3. The molecule has 0 spiro atoms. The van der Waals surface area contributed by atoms with Gasteiger partial charge in [-0.05, 0) is 48.6 Å². The van der Waals surface area contributed by atoms with Gasteiger partial charge in [-0.15, -0.1) is 0 Å². The van der Waals surface area contributed by atoms with Crippen LogP contribution >= 0.6 is 0 Å². The summed E-state index contributed by atoms with van der Waals surface area (Å²) in [6, 6.07) is 17.8. The zero-order valence-corrected chi connectivity index (χ0v) is 17.4. The second kappa shape index (κ2) is 8.26. The number of nitrogens with zero attached hydrogens (tertiary/aromatic N) is 3. The molecule has 1 aliphatic carbocycles. The molecule has 0 amide bonds. The predicted octanol–water partition coefficient (Wildman–Crippen LogP) is 4.84. The number of carbonyl (C=O) groups excluding carboxylic acids is 1. The Morgan fingerprint density at radius 3 is 2.84 bits per heavy atom. The van der Waals surface area contributed by atoms with Crippen molar-refractivity contribution in [2.24, 2.45) is 11.8 Å². The van der Waals surface area contributed by atoms with Crippen LogP contribution in [0.5, 0.6) is 5.75 Å². The van der Waals surface area contributed by atoms with Crippen molar-refractivity contribution in [2.75, 3.05) is 0 Å². The summed E-state index contributed by atoms with van der Waals surface area (Å²) in [5.41, 5.74) is 4.39. The van der Waals surface area contributed by atoms with Crippen molar-refractivity contribution in [1.29, 1.82) is 0 Å². The van der Waals surface area contributed by atoms with Gasteiger partial charge in [-0.1, -0.05) is 37.3 Å². The molecule has 0 bridgehead atoms. The van der Waals surface area contributed by atoms with Gasteiger partial charge in [-0.25, -0.2) is 4.98 Å². The molecule has 5 nitrogen and oxygen atoms in total. The summed E-state index contributed by atoms with van der Waals surface area (Å²) in [5.74, 6) is 0.897. The van der Waals surface area contributed by atoms with Crippen LogP contribution in [0.4, 0.5) is 0 Å². The Morgan fingerprint density at radius 2 is 1.97 bits per heavy atom. The molecule has 5 rings (SSSR count). The minimum absolute atomic E-state index is 0.0732. The average Bonchev–Trinajstić information content (AvgIpc) is 2.81. The van der Waals surface area contributed by atoms with Crippen LogP contribution in [-0.2, 0) is 19.4 Å². The van der Waals surface area contributed by atoms with Crippen LogP contribution in [0.3, 0.4) is 0 Å². The van der Waals surface area contributed by atoms with Crippen LogP contribution in [0.2, 0.25) is 0 Å². The number of carbonyl (C=O) groups is 1. The largest absolute Gasteiger partial charge is 0.486 e. The molecule has 2 unspecified atom stereocenters. The van der Waals surface area contributed by atoms with Crippen molar-refractivity contribution in [3.63, 3.8) is 0 Å². The predicted molar refractivity (Wildman–Crippen MR) is 119 cm³/mol. The van der Waals surface area contributed by atoms with Gasteiger partial charge in [0.1, 0.15) is 12.4 Å². The molecule has 0 aliphatic heterocycles. The van der Waals surface area contributed by atoms with Gasteiger partial charge >= 0.3 is 0 Å². The van der Waals surface area contributed by atoms with E-state index in [0.717, 1.165) is 34.3 Å². The van der Waals surface area contributed by atoms with Crippen LogP contribution in [0.25, 0.3) is 10.9 Å². The van der Waals surface area contributed by atoms with Crippen LogP contribution < -0.4 is 4.74 Å². The van der Waals surface area contributed by atoms with E-state index in [9.17, 15) is 4.79 Å². The van der Waals surface area contributed by atoms with Crippen LogP contribution in [0.1, 0.15) is 34.2 Å². The third kappa shape index (κ3) is 4.04.